The number of hydrogen-bond acceptors (Lipinski definition) is 8. The molecule has 3 aromatic carbocycles. The Hall–Kier alpha value is -4.76. The quantitative estimate of drug-likeness (QED) is 0.202. The van der Waals surface area contributed by atoms with Gasteiger partial charge < -0.3 is 14.3 Å². The number of aromatic nitrogens is 3. The SMILES string of the molecule is O=C(Oc1cccc2c1sc1nc(-c3ccc(O)cc3C3CC3)n(Cc3cnco3)c(=O)c12)c1ccccc1. The summed E-state index contributed by atoms with van der Waals surface area (Å²) in [6.07, 6.45) is 4.94. The van der Waals surface area contributed by atoms with Crippen LogP contribution in [0.1, 0.15) is 40.4 Å². The third kappa shape index (κ3) is 4.17. The summed E-state index contributed by atoms with van der Waals surface area (Å²) in [5.41, 5.74) is 1.96. The Morgan fingerprint density at radius 3 is 2.72 bits per heavy atom. The zero-order chi connectivity index (χ0) is 26.5. The number of fused-ring (bicyclic) bond motifs is 3. The highest BCUT2D eigenvalue weighted by Gasteiger charge is 2.29. The van der Waals surface area contributed by atoms with Gasteiger partial charge in [-0.1, -0.05) is 30.3 Å². The van der Waals surface area contributed by atoms with Crippen LogP contribution in [0.3, 0.4) is 0 Å². The van der Waals surface area contributed by atoms with Crippen molar-refractivity contribution in [2.45, 2.75) is 25.3 Å². The van der Waals surface area contributed by atoms with E-state index >= 15 is 0 Å². The molecule has 0 amide bonds. The Bertz CT molecular complexity index is 1920. The number of rotatable bonds is 6. The maximum Gasteiger partial charge on any atom is 0.343 e. The zero-order valence-corrected chi connectivity index (χ0v) is 21.4. The number of aromatic hydroxyl groups is 1. The number of hydrogen-bond donors (Lipinski definition) is 1. The number of benzene rings is 3. The van der Waals surface area contributed by atoms with E-state index in [0.717, 1.165) is 24.0 Å². The van der Waals surface area contributed by atoms with Gasteiger partial charge >= 0.3 is 5.97 Å². The molecular formula is C30H21N3O5S. The molecule has 192 valence electrons. The second kappa shape index (κ2) is 9.21. The lowest BCUT2D eigenvalue weighted by Gasteiger charge is -2.15. The monoisotopic (exact) mass is 535 g/mol. The van der Waals surface area contributed by atoms with Crippen molar-refractivity contribution >= 4 is 37.6 Å². The predicted octanol–water partition coefficient (Wildman–Crippen LogP) is 6.12. The molecular weight excluding hydrogens is 514 g/mol. The van der Waals surface area contributed by atoms with E-state index in [0.29, 0.717) is 49.1 Å². The van der Waals surface area contributed by atoms with E-state index in [2.05, 4.69) is 4.98 Å². The van der Waals surface area contributed by atoms with Gasteiger partial charge in [0, 0.05) is 10.9 Å². The number of oxazole rings is 1. The third-order valence-corrected chi connectivity index (χ3v) is 8.00. The van der Waals surface area contributed by atoms with Gasteiger partial charge in [0.15, 0.2) is 6.39 Å². The first-order valence-corrected chi connectivity index (χ1v) is 13.3. The van der Waals surface area contributed by atoms with Crippen LogP contribution in [0, 0.1) is 0 Å². The highest BCUT2D eigenvalue weighted by Crippen LogP contribution is 2.46. The van der Waals surface area contributed by atoms with Crippen LogP contribution in [0.4, 0.5) is 0 Å². The first-order chi connectivity index (χ1) is 19.1. The fraction of sp³-hybridized carbons (Fsp3) is 0.133. The topological polar surface area (TPSA) is 107 Å². The largest absolute Gasteiger partial charge is 0.508 e. The Kier molecular flexibility index (Phi) is 5.52. The van der Waals surface area contributed by atoms with Gasteiger partial charge in [-0.3, -0.25) is 9.36 Å². The number of thiophene rings is 1. The molecule has 0 radical (unpaired) electrons. The molecule has 7 rings (SSSR count). The van der Waals surface area contributed by atoms with Crippen LogP contribution in [0.5, 0.6) is 11.5 Å². The normalized spacial score (nSPS) is 13.2. The van der Waals surface area contributed by atoms with Crippen LogP contribution in [0.15, 0.2) is 88.5 Å². The molecule has 3 aromatic heterocycles. The molecule has 1 fully saturated rings. The Labute approximate surface area is 225 Å². The van der Waals surface area contributed by atoms with Gasteiger partial charge in [-0.15, -0.1) is 11.3 Å². The van der Waals surface area contributed by atoms with Gasteiger partial charge in [-0.05, 0) is 60.7 Å². The van der Waals surface area contributed by atoms with Crippen LogP contribution in [-0.2, 0) is 6.54 Å². The summed E-state index contributed by atoms with van der Waals surface area (Å²) in [5.74, 6) is 1.39. The van der Waals surface area contributed by atoms with E-state index in [1.807, 2.05) is 18.2 Å². The minimum Gasteiger partial charge on any atom is -0.508 e. The molecule has 1 aliphatic rings. The molecule has 9 heteroatoms. The molecule has 0 spiro atoms. The lowest BCUT2D eigenvalue weighted by Crippen LogP contribution is -2.24. The van der Waals surface area contributed by atoms with Crippen LogP contribution in [-0.4, -0.2) is 25.6 Å². The third-order valence-electron chi connectivity index (χ3n) is 6.89. The summed E-state index contributed by atoms with van der Waals surface area (Å²) in [4.78, 5) is 36.5. The molecule has 0 saturated heterocycles. The molecule has 1 saturated carbocycles. The molecule has 0 aliphatic heterocycles. The van der Waals surface area contributed by atoms with Crippen molar-refractivity contribution in [2.24, 2.45) is 0 Å². The molecule has 1 N–H and O–H groups in total. The van der Waals surface area contributed by atoms with Crippen molar-refractivity contribution in [3.05, 3.63) is 107 Å². The lowest BCUT2D eigenvalue weighted by molar-refractivity contribution is 0.0737. The van der Waals surface area contributed by atoms with Crippen molar-refractivity contribution < 1.29 is 19.1 Å². The first kappa shape index (κ1) is 23.4. The molecule has 0 bridgehead atoms. The summed E-state index contributed by atoms with van der Waals surface area (Å²) in [6.45, 7) is 0.141. The van der Waals surface area contributed by atoms with Crippen LogP contribution in [0.2, 0.25) is 0 Å². The molecule has 1 aliphatic carbocycles. The van der Waals surface area contributed by atoms with E-state index < -0.39 is 5.97 Å². The van der Waals surface area contributed by atoms with Gasteiger partial charge in [0.2, 0.25) is 0 Å². The van der Waals surface area contributed by atoms with E-state index in [4.69, 9.17) is 14.1 Å². The van der Waals surface area contributed by atoms with Crippen molar-refractivity contribution in [3.63, 3.8) is 0 Å². The smallest absolute Gasteiger partial charge is 0.343 e. The number of phenols is 1. The van der Waals surface area contributed by atoms with Crippen molar-refractivity contribution in [1.29, 1.82) is 0 Å². The number of nitrogens with zero attached hydrogens (tertiary/aromatic N) is 3. The predicted molar refractivity (Wildman–Crippen MR) is 147 cm³/mol. The Balaban J connectivity index is 1.44. The summed E-state index contributed by atoms with van der Waals surface area (Å²) in [6, 6.07) is 19.3. The maximum absolute atomic E-state index is 14.2. The molecule has 0 atom stereocenters. The van der Waals surface area contributed by atoms with E-state index in [9.17, 15) is 14.7 Å². The highest BCUT2D eigenvalue weighted by atomic mass is 32.1. The number of carbonyl (C=O) groups excluding carboxylic acids is 1. The van der Waals surface area contributed by atoms with Gasteiger partial charge in [0.05, 0.1) is 28.4 Å². The summed E-state index contributed by atoms with van der Waals surface area (Å²) in [5, 5.41) is 11.3. The van der Waals surface area contributed by atoms with Crippen LogP contribution >= 0.6 is 11.3 Å². The van der Waals surface area contributed by atoms with Gasteiger partial charge in [0.25, 0.3) is 5.56 Å². The minimum absolute atomic E-state index is 0.141. The van der Waals surface area contributed by atoms with Crippen molar-refractivity contribution in [3.8, 4) is 22.9 Å². The maximum atomic E-state index is 14.2. The van der Waals surface area contributed by atoms with Crippen LogP contribution < -0.4 is 10.3 Å². The summed E-state index contributed by atoms with van der Waals surface area (Å²) >= 11 is 1.31. The molecule has 6 aromatic rings. The fourth-order valence-electron chi connectivity index (χ4n) is 4.88. The van der Waals surface area contributed by atoms with E-state index in [1.165, 1.54) is 17.7 Å². The molecule has 0 unspecified atom stereocenters. The minimum atomic E-state index is -0.477. The van der Waals surface area contributed by atoms with Crippen molar-refractivity contribution in [1.82, 2.24) is 14.5 Å². The summed E-state index contributed by atoms with van der Waals surface area (Å²) < 4.78 is 13.5. The standard InChI is InChI=1S/C30H21N3O5S/c34-19-11-12-21(23(13-19)17-9-10-17)27-32-28-25(29(35)33(27)15-20-14-31-16-37-20)22-7-4-8-24(26(22)39-28)38-30(36)18-5-2-1-3-6-18/h1-8,11-14,16-17,34H,9-10,15H2. The van der Waals surface area contributed by atoms with Crippen LogP contribution in [0.25, 0.3) is 31.7 Å². The number of phenolic OH excluding ortho intramolecular Hbond substituents is 1. The Morgan fingerprint density at radius 2 is 1.95 bits per heavy atom. The molecule has 3 heterocycles. The average Bonchev–Trinajstić information content (AvgIpc) is 3.53. The van der Waals surface area contributed by atoms with Crippen molar-refractivity contribution in [2.75, 3.05) is 0 Å². The second-order valence-electron chi connectivity index (χ2n) is 9.51. The zero-order valence-electron chi connectivity index (χ0n) is 20.5. The molecule has 8 nitrogen and oxygen atoms in total. The lowest BCUT2D eigenvalue weighted by atomic mass is 10.0. The van der Waals surface area contributed by atoms with Gasteiger partial charge in [-0.2, -0.15) is 0 Å². The van der Waals surface area contributed by atoms with Gasteiger partial charge in [-0.25, -0.2) is 14.8 Å². The number of ether oxygens (including phenoxy) is 1. The van der Waals surface area contributed by atoms with Gasteiger partial charge in [0.1, 0.15) is 27.9 Å². The van der Waals surface area contributed by atoms with E-state index in [1.54, 1.807) is 59.3 Å². The molecule has 39 heavy (non-hydrogen) atoms. The number of esters is 1. The second-order valence-corrected chi connectivity index (χ2v) is 10.5. The Morgan fingerprint density at radius 1 is 1.10 bits per heavy atom. The highest BCUT2D eigenvalue weighted by molar-refractivity contribution is 7.25. The first-order valence-electron chi connectivity index (χ1n) is 12.5. The number of carbonyl (C=O) groups is 1. The van der Waals surface area contributed by atoms with E-state index in [-0.39, 0.29) is 17.9 Å². The summed E-state index contributed by atoms with van der Waals surface area (Å²) in [7, 11) is 0. The average molecular weight is 536 g/mol. The fourth-order valence-corrected chi connectivity index (χ4v) is 6.00.